The molecule has 0 heterocycles. The van der Waals surface area contributed by atoms with Crippen LogP contribution in [0.1, 0.15) is 31.9 Å². The number of nitrogens with one attached hydrogen (secondary N) is 1. The second-order valence-corrected chi connectivity index (χ2v) is 5.46. The summed E-state index contributed by atoms with van der Waals surface area (Å²) >= 11 is 0. The van der Waals surface area contributed by atoms with Crippen LogP contribution in [0.4, 0.5) is 0 Å². The Balaban J connectivity index is 2.66. The van der Waals surface area contributed by atoms with Gasteiger partial charge in [-0.25, -0.2) is 0 Å². The lowest BCUT2D eigenvalue weighted by Gasteiger charge is -2.32. The molecule has 1 aromatic rings. The van der Waals surface area contributed by atoms with Crippen molar-refractivity contribution in [2.45, 2.75) is 40.3 Å². The Hall–Kier alpha value is -0.860. The van der Waals surface area contributed by atoms with Crippen LogP contribution in [-0.4, -0.2) is 31.1 Å². The zero-order chi connectivity index (χ0) is 13.5. The maximum atomic E-state index is 3.47. The molecule has 0 saturated carbocycles. The van der Waals surface area contributed by atoms with Crippen molar-refractivity contribution < 1.29 is 0 Å². The van der Waals surface area contributed by atoms with E-state index in [1.165, 1.54) is 11.1 Å². The van der Waals surface area contributed by atoms with Crippen LogP contribution in [0, 0.1) is 12.8 Å². The highest BCUT2D eigenvalue weighted by atomic mass is 15.1. The molecule has 1 N–H and O–H groups in total. The Kier molecular flexibility index (Phi) is 6.37. The predicted octanol–water partition coefficient (Wildman–Crippen LogP) is 3.06. The fraction of sp³-hybridized carbons (Fsp3) is 0.625. The molecule has 1 rings (SSSR count). The van der Waals surface area contributed by atoms with Gasteiger partial charge in [0.25, 0.3) is 0 Å². The molecule has 0 spiro atoms. The van der Waals surface area contributed by atoms with Gasteiger partial charge in [0.15, 0.2) is 0 Å². The van der Waals surface area contributed by atoms with E-state index in [0.29, 0.717) is 12.0 Å². The summed E-state index contributed by atoms with van der Waals surface area (Å²) in [4.78, 5) is 2.47. The smallest absolute Gasteiger partial charge is 0.0244 e. The number of hydrogen-bond acceptors (Lipinski definition) is 2. The summed E-state index contributed by atoms with van der Waals surface area (Å²) in [6.45, 7) is 12.1. The quantitative estimate of drug-likeness (QED) is 0.798. The Bertz CT molecular complexity index is 347. The summed E-state index contributed by atoms with van der Waals surface area (Å²) in [6, 6.07) is 9.25. The molecule has 2 nitrogen and oxygen atoms in total. The maximum absolute atomic E-state index is 3.47. The van der Waals surface area contributed by atoms with Crippen LogP contribution in [0.25, 0.3) is 0 Å². The largest absolute Gasteiger partial charge is 0.315 e. The third-order valence-corrected chi connectivity index (χ3v) is 3.62. The zero-order valence-corrected chi connectivity index (χ0v) is 12.5. The normalized spacial score (nSPS) is 13.3. The molecule has 0 amide bonds. The average Bonchev–Trinajstić information content (AvgIpc) is 2.32. The summed E-state index contributed by atoms with van der Waals surface area (Å²) in [7, 11) is 2.23. The minimum Gasteiger partial charge on any atom is -0.315 e. The number of benzene rings is 1. The number of nitrogens with zero attached hydrogens (tertiary/aromatic N) is 1. The lowest BCUT2D eigenvalue weighted by atomic mass is 10.0. The van der Waals surface area contributed by atoms with Gasteiger partial charge in [0.05, 0.1) is 0 Å². The maximum Gasteiger partial charge on any atom is 0.0244 e. The standard InChI is InChI=1S/C16H28N2/c1-6-17-11-16(13(2)3)18(5)12-15-10-8-7-9-14(15)4/h7-10,13,16-17H,6,11-12H2,1-5H3. The van der Waals surface area contributed by atoms with Gasteiger partial charge >= 0.3 is 0 Å². The van der Waals surface area contributed by atoms with Gasteiger partial charge in [-0.15, -0.1) is 0 Å². The van der Waals surface area contributed by atoms with E-state index >= 15 is 0 Å². The summed E-state index contributed by atoms with van der Waals surface area (Å²) in [5, 5.41) is 3.47. The van der Waals surface area contributed by atoms with Crippen molar-refractivity contribution in [3.8, 4) is 0 Å². The van der Waals surface area contributed by atoms with Crippen LogP contribution in [0.5, 0.6) is 0 Å². The van der Waals surface area contributed by atoms with Crippen molar-refractivity contribution in [2.75, 3.05) is 20.1 Å². The summed E-state index contributed by atoms with van der Waals surface area (Å²) in [5.41, 5.74) is 2.82. The Morgan fingerprint density at radius 2 is 1.89 bits per heavy atom. The van der Waals surface area contributed by atoms with E-state index in [-0.39, 0.29) is 0 Å². The molecule has 0 aliphatic heterocycles. The van der Waals surface area contributed by atoms with Gasteiger partial charge in [-0.1, -0.05) is 45.0 Å². The molecule has 0 fully saturated rings. The van der Waals surface area contributed by atoms with Crippen LogP contribution < -0.4 is 5.32 Å². The first-order valence-corrected chi connectivity index (χ1v) is 7.01. The first-order valence-electron chi connectivity index (χ1n) is 7.01. The average molecular weight is 248 g/mol. The van der Waals surface area contributed by atoms with E-state index < -0.39 is 0 Å². The lowest BCUT2D eigenvalue weighted by Crippen LogP contribution is -2.43. The van der Waals surface area contributed by atoms with E-state index in [0.717, 1.165) is 19.6 Å². The molecule has 0 saturated heterocycles. The molecule has 102 valence electrons. The topological polar surface area (TPSA) is 15.3 Å². The van der Waals surface area contributed by atoms with Gasteiger partial charge in [-0.2, -0.15) is 0 Å². The van der Waals surface area contributed by atoms with Crippen molar-refractivity contribution in [1.29, 1.82) is 0 Å². The molecule has 2 heteroatoms. The van der Waals surface area contributed by atoms with Crippen LogP contribution in [0.3, 0.4) is 0 Å². The fourth-order valence-electron chi connectivity index (χ4n) is 2.37. The van der Waals surface area contributed by atoms with Crippen LogP contribution in [0.2, 0.25) is 0 Å². The first-order chi connectivity index (χ1) is 8.56. The van der Waals surface area contributed by atoms with Gasteiger partial charge in [-0.05, 0) is 37.6 Å². The van der Waals surface area contributed by atoms with Gasteiger partial charge in [0.2, 0.25) is 0 Å². The molecule has 0 radical (unpaired) electrons. The van der Waals surface area contributed by atoms with E-state index in [2.05, 4.69) is 69.2 Å². The molecule has 1 aromatic carbocycles. The summed E-state index contributed by atoms with van der Waals surface area (Å²) < 4.78 is 0. The zero-order valence-electron chi connectivity index (χ0n) is 12.5. The molecule has 0 aliphatic rings. The monoisotopic (exact) mass is 248 g/mol. The number of hydrogen-bond donors (Lipinski definition) is 1. The minimum atomic E-state index is 0.588. The lowest BCUT2D eigenvalue weighted by molar-refractivity contribution is 0.180. The first kappa shape index (κ1) is 15.2. The molecule has 0 aliphatic carbocycles. The van der Waals surface area contributed by atoms with Crippen LogP contribution >= 0.6 is 0 Å². The van der Waals surface area contributed by atoms with Crippen molar-refractivity contribution in [3.63, 3.8) is 0 Å². The molecule has 18 heavy (non-hydrogen) atoms. The van der Waals surface area contributed by atoms with Gasteiger partial charge in [0.1, 0.15) is 0 Å². The van der Waals surface area contributed by atoms with Gasteiger partial charge < -0.3 is 5.32 Å². The Morgan fingerprint density at radius 3 is 2.44 bits per heavy atom. The van der Waals surface area contributed by atoms with E-state index in [9.17, 15) is 0 Å². The Morgan fingerprint density at radius 1 is 1.22 bits per heavy atom. The van der Waals surface area contributed by atoms with Gasteiger partial charge in [-0.3, -0.25) is 4.90 Å². The SMILES string of the molecule is CCNCC(C(C)C)N(C)Cc1ccccc1C. The molecule has 1 unspecified atom stereocenters. The van der Waals surface area contributed by atoms with E-state index in [4.69, 9.17) is 0 Å². The van der Waals surface area contributed by atoms with Crippen molar-refractivity contribution in [1.82, 2.24) is 10.2 Å². The number of rotatable bonds is 7. The third kappa shape index (κ3) is 4.43. The van der Waals surface area contributed by atoms with Crippen molar-refractivity contribution >= 4 is 0 Å². The molecular formula is C16H28N2. The highest BCUT2D eigenvalue weighted by Gasteiger charge is 2.18. The molecule has 0 bridgehead atoms. The number of likely N-dealkylation sites (N-methyl/N-ethyl adjacent to an activating group) is 2. The van der Waals surface area contributed by atoms with E-state index in [1.807, 2.05) is 0 Å². The van der Waals surface area contributed by atoms with Crippen LogP contribution in [-0.2, 0) is 6.54 Å². The fourth-order valence-corrected chi connectivity index (χ4v) is 2.37. The number of aryl methyl sites for hydroxylation is 1. The molecule has 0 aromatic heterocycles. The van der Waals surface area contributed by atoms with E-state index in [1.54, 1.807) is 0 Å². The highest BCUT2D eigenvalue weighted by molar-refractivity contribution is 5.25. The second-order valence-electron chi connectivity index (χ2n) is 5.46. The third-order valence-electron chi connectivity index (χ3n) is 3.62. The molecule has 1 atom stereocenters. The highest BCUT2D eigenvalue weighted by Crippen LogP contribution is 2.15. The second kappa shape index (κ2) is 7.55. The summed E-state index contributed by atoms with van der Waals surface area (Å²) in [6.07, 6.45) is 0. The minimum absolute atomic E-state index is 0.588. The van der Waals surface area contributed by atoms with Gasteiger partial charge in [0, 0.05) is 19.1 Å². The van der Waals surface area contributed by atoms with Crippen molar-refractivity contribution in [3.05, 3.63) is 35.4 Å². The van der Waals surface area contributed by atoms with Crippen molar-refractivity contribution in [2.24, 2.45) is 5.92 Å². The molecular weight excluding hydrogens is 220 g/mol. The van der Waals surface area contributed by atoms with Crippen LogP contribution in [0.15, 0.2) is 24.3 Å². The predicted molar refractivity (Wildman–Crippen MR) is 79.8 cm³/mol. The summed E-state index contributed by atoms with van der Waals surface area (Å²) in [5.74, 6) is 0.665. The Labute approximate surface area is 112 Å².